The van der Waals surface area contributed by atoms with Gasteiger partial charge in [-0.25, -0.2) is 0 Å². The van der Waals surface area contributed by atoms with E-state index in [0.29, 0.717) is 0 Å². The Bertz CT molecular complexity index is 779. The van der Waals surface area contributed by atoms with Crippen molar-refractivity contribution in [3.8, 4) is 11.1 Å². The van der Waals surface area contributed by atoms with Gasteiger partial charge in [0.2, 0.25) is 0 Å². The van der Waals surface area contributed by atoms with Crippen LogP contribution in [0.5, 0.6) is 0 Å². The number of rotatable bonds is 6. The summed E-state index contributed by atoms with van der Waals surface area (Å²) in [5.74, 6) is -0.622. The summed E-state index contributed by atoms with van der Waals surface area (Å²) in [6.45, 7) is 7.31. The van der Waals surface area contributed by atoms with Gasteiger partial charge in [0.15, 0.2) is 0 Å². The zero-order chi connectivity index (χ0) is 19.6. The monoisotopic (exact) mass is 366 g/mol. The van der Waals surface area contributed by atoms with Crippen LogP contribution in [0.4, 0.5) is 0 Å². The largest absolute Gasteiger partial charge is 0.463 e. The number of hydrogen-bond donors (Lipinski definition) is 0. The Labute approximate surface area is 160 Å². The van der Waals surface area contributed by atoms with Gasteiger partial charge in [-0.1, -0.05) is 48.5 Å². The Kier molecular flexibility index (Phi) is 5.36. The van der Waals surface area contributed by atoms with Crippen molar-refractivity contribution < 1.29 is 19.1 Å². The summed E-state index contributed by atoms with van der Waals surface area (Å²) >= 11 is 0. The molecule has 4 heteroatoms. The first-order chi connectivity index (χ1) is 12.8. The first-order valence-corrected chi connectivity index (χ1v) is 9.42. The van der Waals surface area contributed by atoms with Gasteiger partial charge >= 0.3 is 11.9 Å². The van der Waals surface area contributed by atoms with Crippen LogP contribution < -0.4 is 0 Å². The Morgan fingerprint density at radius 3 is 1.48 bits per heavy atom. The number of hydrogen-bond acceptors (Lipinski definition) is 4. The summed E-state index contributed by atoms with van der Waals surface area (Å²) in [6, 6.07) is 15.9. The van der Waals surface area contributed by atoms with Gasteiger partial charge in [0.1, 0.15) is 0 Å². The smallest absolute Gasteiger partial charge is 0.307 e. The van der Waals surface area contributed by atoms with E-state index in [1.807, 2.05) is 76.2 Å². The Morgan fingerprint density at radius 1 is 0.741 bits per heavy atom. The van der Waals surface area contributed by atoms with Gasteiger partial charge in [-0.05, 0) is 49.9 Å². The number of ether oxygens (including phenoxy) is 2. The molecule has 3 rings (SSSR count). The molecule has 0 fully saturated rings. The molecule has 0 spiro atoms. The Balaban J connectivity index is 2.11. The Hall–Kier alpha value is -2.62. The number of esters is 2. The molecule has 0 radical (unpaired) electrons. The standard InChI is InChI=1S/C23H26O4/c1-15(2)26-21(24)13-23(14-22(25)27-16(3)4)19-11-7-5-9-17(19)18-10-6-8-12-20(18)23/h5-12,15-16H,13-14H2,1-4H3. The first kappa shape index (κ1) is 19.2. The van der Waals surface area contributed by atoms with Crippen LogP contribution >= 0.6 is 0 Å². The molecule has 0 unspecified atom stereocenters. The molecule has 2 aromatic carbocycles. The minimum atomic E-state index is -0.773. The third kappa shape index (κ3) is 3.75. The van der Waals surface area contributed by atoms with Crippen molar-refractivity contribution in [1.82, 2.24) is 0 Å². The molecule has 0 saturated heterocycles. The van der Waals surface area contributed by atoms with Crippen LogP contribution in [0.1, 0.15) is 51.7 Å². The van der Waals surface area contributed by atoms with Crippen LogP contribution in [0.25, 0.3) is 11.1 Å². The van der Waals surface area contributed by atoms with Crippen LogP contribution in [0.2, 0.25) is 0 Å². The van der Waals surface area contributed by atoms with E-state index in [0.717, 1.165) is 22.3 Å². The summed E-state index contributed by atoms with van der Waals surface area (Å²) in [4.78, 5) is 25.3. The zero-order valence-electron chi connectivity index (χ0n) is 16.3. The Morgan fingerprint density at radius 2 is 1.11 bits per heavy atom. The van der Waals surface area contributed by atoms with Crippen molar-refractivity contribution in [2.75, 3.05) is 0 Å². The average Bonchev–Trinajstić information content (AvgIpc) is 2.84. The molecule has 0 saturated carbocycles. The molecule has 0 aliphatic heterocycles. The van der Waals surface area contributed by atoms with E-state index < -0.39 is 5.41 Å². The fourth-order valence-electron chi connectivity index (χ4n) is 3.96. The molecule has 0 bridgehead atoms. The third-order valence-corrected chi connectivity index (χ3v) is 4.80. The highest BCUT2D eigenvalue weighted by molar-refractivity contribution is 5.88. The van der Waals surface area contributed by atoms with Gasteiger partial charge in [-0.2, -0.15) is 0 Å². The zero-order valence-corrected chi connectivity index (χ0v) is 16.3. The van der Waals surface area contributed by atoms with E-state index in [1.54, 1.807) is 0 Å². The topological polar surface area (TPSA) is 52.6 Å². The fourth-order valence-corrected chi connectivity index (χ4v) is 3.96. The molecule has 1 aliphatic rings. The van der Waals surface area contributed by atoms with Crippen LogP contribution in [0, 0.1) is 0 Å². The molecule has 27 heavy (non-hydrogen) atoms. The van der Waals surface area contributed by atoms with E-state index in [1.165, 1.54) is 0 Å². The van der Waals surface area contributed by atoms with Crippen LogP contribution in [0.15, 0.2) is 48.5 Å². The lowest BCUT2D eigenvalue weighted by Crippen LogP contribution is -2.34. The quantitative estimate of drug-likeness (QED) is 0.699. The van der Waals surface area contributed by atoms with E-state index >= 15 is 0 Å². The van der Waals surface area contributed by atoms with Crippen molar-refractivity contribution in [2.45, 2.75) is 58.2 Å². The summed E-state index contributed by atoms with van der Waals surface area (Å²) in [7, 11) is 0. The van der Waals surface area contributed by atoms with Gasteiger partial charge < -0.3 is 9.47 Å². The highest BCUT2D eigenvalue weighted by Crippen LogP contribution is 2.52. The molecular formula is C23H26O4. The number of carbonyl (C=O) groups is 2. The van der Waals surface area contributed by atoms with Crippen LogP contribution in [-0.4, -0.2) is 24.1 Å². The lowest BCUT2D eigenvalue weighted by molar-refractivity contribution is -0.151. The van der Waals surface area contributed by atoms with Crippen molar-refractivity contribution in [2.24, 2.45) is 0 Å². The molecule has 142 valence electrons. The van der Waals surface area contributed by atoms with Crippen LogP contribution in [-0.2, 0) is 24.5 Å². The molecule has 0 aromatic heterocycles. The highest BCUT2D eigenvalue weighted by atomic mass is 16.5. The van der Waals surface area contributed by atoms with Gasteiger partial charge in [0.05, 0.1) is 25.0 Å². The molecule has 2 aromatic rings. The van der Waals surface area contributed by atoms with Crippen molar-refractivity contribution >= 4 is 11.9 Å². The highest BCUT2D eigenvalue weighted by Gasteiger charge is 2.46. The third-order valence-electron chi connectivity index (χ3n) is 4.80. The van der Waals surface area contributed by atoms with Crippen LogP contribution in [0.3, 0.4) is 0 Å². The summed E-state index contributed by atoms with van der Waals surface area (Å²) < 4.78 is 10.9. The van der Waals surface area contributed by atoms with Crippen molar-refractivity contribution in [3.63, 3.8) is 0 Å². The van der Waals surface area contributed by atoms with Gasteiger partial charge in [-0.15, -0.1) is 0 Å². The summed E-state index contributed by atoms with van der Waals surface area (Å²) in [5, 5.41) is 0. The van der Waals surface area contributed by atoms with Crippen molar-refractivity contribution in [1.29, 1.82) is 0 Å². The minimum Gasteiger partial charge on any atom is -0.463 e. The van der Waals surface area contributed by atoms with E-state index in [-0.39, 0.29) is 37.0 Å². The average molecular weight is 366 g/mol. The minimum absolute atomic E-state index is 0.104. The first-order valence-electron chi connectivity index (χ1n) is 9.42. The second kappa shape index (κ2) is 7.55. The second-order valence-corrected chi connectivity index (χ2v) is 7.60. The number of fused-ring (bicyclic) bond motifs is 3. The van der Waals surface area contributed by atoms with Gasteiger partial charge in [0, 0.05) is 5.41 Å². The van der Waals surface area contributed by atoms with E-state index in [2.05, 4.69) is 0 Å². The predicted molar refractivity (Wildman–Crippen MR) is 104 cm³/mol. The normalized spacial score (nSPS) is 14.0. The second-order valence-electron chi connectivity index (χ2n) is 7.60. The molecule has 1 aliphatic carbocycles. The maximum atomic E-state index is 12.7. The molecule has 0 amide bonds. The predicted octanol–water partition coefficient (Wildman–Crippen LogP) is 4.64. The lowest BCUT2D eigenvalue weighted by atomic mass is 9.73. The van der Waals surface area contributed by atoms with E-state index in [4.69, 9.17) is 9.47 Å². The fraction of sp³-hybridized carbons (Fsp3) is 0.391. The molecule has 0 heterocycles. The number of carbonyl (C=O) groups excluding carboxylic acids is 2. The molecule has 4 nitrogen and oxygen atoms in total. The van der Waals surface area contributed by atoms with Gasteiger partial charge in [-0.3, -0.25) is 9.59 Å². The summed E-state index contributed by atoms with van der Waals surface area (Å²) in [6.07, 6.45) is -0.202. The maximum Gasteiger partial charge on any atom is 0.307 e. The summed E-state index contributed by atoms with van der Waals surface area (Å²) in [5.41, 5.74) is 3.30. The molecular weight excluding hydrogens is 340 g/mol. The lowest BCUT2D eigenvalue weighted by Gasteiger charge is -2.31. The SMILES string of the molecule is CC(C)OC(=O)CC1(CC(=O)OC(C)C)c2ccccc2-c2ccccc21. The number of benzene rings is 2. The van der Waals surface area contributed by atoms with E-state index in [9.17, 15) is 9.59 Å². The molecule has 0 atom stereocenters. The van der Waals surface area contributed by atoms with Gasteiger partial charge in [0.25, 0.3) is 0 Å². The maximum absolute atomic E-state index is 12.7. The van der Waals surface area contributed by atoms with Crippen molar-refractivity contribution in [3.05, 3.63) is 59.7 Å². The molecule has 0 N–H and O–H groups in total.